The maximum Gasteiger partial charge on any atom is 0.319 e. The normalized spacial score (nSPS) is 11.9. The van der Waals surface area contributed by atoms with Crippen LogP contribution >= 0.6 is 0 Å². The van der Waals surface area contributed by atoms with Crippen LogP contribution in [0.4, 0.5) is 10.5 Å². The van der Waals surface area contributed by atoms with Crippen LogP contribution in [0.1, 0.15) is 42.4 Å². The lowest BCUT2D eigenvalue weighted by Crippen LogP contribution is -2.31. The van der Waals surface area contributed by atoms with E-state index in [1.165, 1.54) is 0 Å². The maximum atomic E-state index is 12.3. The predicted octanol–water partition coefficient (Wildman–Crippen LogP) is 3.63. The second kappa shape index (κ2) is 7.38. The molecule has 24 heavy (non-hydrogen) atoms. The first-order valence-corrected chi connectivity index (χ1v) is 8.14. The van der Waals surface area contributed by atoms with Crippen LogP contribution in [0.5, 0.6) is 5.75 Å². The Balaban J connectivity index is 2.04. The summed E-state index contributed by atoms with van der Waals surface area (Å²) in [7, 11) is 1.90. The van der Waals surface area contributed by atoms with Gasteiger partial charge < -0.3 is 15.4 Å². The van der Waals surface area contributed by atoms with Crippen molar-refractivity contribution in [2.75, 3.05) is 11.9 Å². The van der Waals surface area contributed by atoms with Crippen LogP contribution in [0, 0.1) is 20.8 Å². The average molecular weight is 330 g/mol. The number of carbonyl (C=O) groups is 1. The fourth-order valence-electron chi connectivity index (χ4n) is 2.90. The minimum absolute atomic E-state index is 0.123. The smallest absolute Gasteiger partial charge is 0.319 e. The van der Waals surface area contributed by atoms with Gasteiger partial charge in [-0.15, -0.1) is 0 Å². The van der Waals surface area contributed by atoms with E-state index in [-0.39, 0.29) is 12.1 Å². The van der Waals surface area contributed by atoms with Crippen LogP contribution in [-0.2, 0) is 7.05 Å². The Bertz CT molecular complexity index is 737. The van der Waals surface area contributed by atoms with Crippen molar-refractivity contribution < 1.29 is 9.53 Å². The van der Waals surface area contributed by atoms with Gasteiger partial charge in [0, 0.05) is 24.0 Å². The standard InChI is InChI=1S/C18H26N4O2/c1-7-24-16-9-8-15(10-11(16)2)20-18(23)19-12(3)17-13(4)21-22(6)14(17)5/h8-10,12H,7H2,1-6H3,(H2,19,20,23)/t12-/m0/s1. The number of hydrogen-bond donors (Lipinski definition) is 2. The molecule has 0 aliphatic heterocycles. The zero-order valence-corrected chi connectivity index (χ0v) is 15.2. The van der Waals surface area contributed by atoms with Crippen LogP contribution in [0.2, 0.25) is 0 Å². The molecule has 2 N–H and O–H groups in total. The first kappa shape index (κ1) is 17.8. The number of ether oxygens (including phenoxy) is 1. The Morgan fingerprint density at radius 2 is 2.04 bits per heavy atom. The molecule has 0 radical (unpaired) electrons. The number of anilines is 1. The minimum atomic E-state index is -0.242. The fourth-order valence-corrected chi connectivity index (χ4v) is 2.90. The van der Waals surface area contributed by atoms with Gasteiger partial charge in [-0.2, -0.15) is 5.10 Å². The third kappa shape index (κ3) is 3.88. The molecule has 1 aromatic carbocycles. The monoisotopic (exact) mass is 330 g/mol. The lowest BCUT2D eigenvalue weighted by atomic mass is 10.1. The molecular formula is C18H26N4O2. The van der Waals surface area contributed by atoms with Gasteiger partial charge in [0.1, 0.15) is 5.75 Å². The highest BCUT2D eigenvalue weighted by Gasteiger charge is 2.18. The van der Waals surface area contributed by atoms with Crippen LogP contribution in [0.15, 0.2) is 18.2 Å². The number of carbonyl (C=O) groups excluding carboxylic acids is 1. The summed E-state index contributed by atoms with van der Waals surface area (Å²) in [5.74, 6) is 0.832. The van der Waals surface area contributed by atoms with Gasteiger partial charge in [-0.25, -0.2) is 4.79 Å². The molecule has 0 bridgehead atoms. The second-order valence-electron chi connectivity index (χ2n) is 5.94. The molecule has 6 heteroatoms. The van der Waals surface area contributed by atoms with Gasteiger partial charge in [-0.05, 0) is 58.4 Å². The summed E-state index contributed by atoms with van der Waals surface area (Å²) in [5, 5.41) is 10.2. The minimum Gasteiger partial charge on any atom is -0.494 e. The summed E-state index contributed by atoms with van der Waals surface area (Å²) < 4.78 is 7.34. The van der Waals surface area contributed by atoms with E-state index in [2.05, 4.69) is 15.7 Å². The molecule has 0 aliphatic rings. The van der Waals surface area contributed by atoms with E-state index >= 15 is 0 Å². The summed E-state index contributed by atoms with van der Waals surface area (Å²) in [6, 6.07) is 5.24. The van der Waals surface area contributed by atoms with Crippen molar-refractivity contribution in [1.82, 2.24) is 15.1 Å². The molecule has 0 saturated carbocycles. The number of aryl methyl sites for hydroxylation is 3. The van der Waals surface area contributed by atoms with Crippen molar-refractivity contribution in [3.05, 3.63) is 40.7 Å². The number of aromatic nitrogens is 2. The fraction of sp³-hybridized carbons (Fsp3) is 0.444. The van der Waals surface area contributed by atoms with E-state index in [9.17, 15) is 4.79 Å². The van der Waals surface area contributed by atoms with Crippen molar-refractivity contribution in [2.24, 2.45) is 7.05 Å². The van der Waals surface area contributed by atoms with Gasteiger partial charge in [-0.1, -0.05) is 0 Å². The Labute approximate surface area is 143 Å². The first-order chi connectivity index (χ1) is 11.3. The van der Waals surface area contributed by atoms with E-state index in [0.717, 1.165) is 34.0 Å². The number of rotatable bonds is 5. The Morgan fingerprint density at radius 3 is 2.58 bits per heavy atom. The van der Waals surface area contributed by atoms with E-state index < -0.39 is 0 Å². The molecule has 2 amide bonds. The SMILES string of the molecule is CCOc1ccc(NC(=O)N[C@@H](C)c2c(C)nn(C)c2C)cc1C. The van der Waals surface area contributed by atoms with E-state index in [0.29, 0.717) is 6.61 Å². The van der Waals surface area contributed by atoms with Crippen molar-refractivity contribution >= 4 is 11.7 Å². The van der Waals surface area contributed by atoms with Gasteiger partial charge in [0.05, 0.1) is 18.3 Å². The van der Waals surface area contributed by atoms with Crippen molar-refractivity contribution in [3.63, 3.8) is 0 Å². The van der Waals surface area contributed by atoms with E-state index in [1.54, 1.807) is 0 Å². The van der Waals surface area contributed by atoms with Crippen molar-refractivity contribution in [1.29, 1.82) is 0 Å². The molecule has 1 atom stereocenters. The Morgan fingerprint density at radius 1 is 1.33 bits per heavy atom. The van der Waals surface area contributed by atoms with Gasteiger partial charge >= 0.3 is 6.03 Å². The zero-order valence-electron chi connectivity index (χ0n) is 15.2. The van der Waals surface area contributed by atoms with E-state index in [1.807, 2.05) is 64.5 Å². The summed E-state index contributed by atoms with van der Waals surface area (Å²) in [5.41, 5.74) is 4.76. The molecular weight excluding hydrogens is 304 g/mol. The Kier molecular flexibility index (Phi) is 5.49. The summed E-state index contributed by atoms with van der Waals surface area (Å²) in [6.07, 6.45) is 0. The number of nitrogens with one attached hydrogen (secondary N) is 2. The first-order valence-electron chi connectivity index (χ1n) is 8.14. The number of amides is 2. The van der Waals surface area contributed by atoms with Crippen LogP contribution < -0.4 is 15.4 Å². The van der Waals surface area contributed by atoms with Crippen LogP contribution in [0.25, 0.3) is 0 Å². The number of urea groups is 1. The number of nitrogens with zero attached hydrogens (tertiary/aromatic N) is 2. The lowest BCUT2D eigenvalue weighted by Gasteiger charge is -2.16. The summed E-state index contributed by atoms with van der Waals surface area (Å²) in [6.45, 7) is 10.4. The highest BCUT2D eigenvalue weighted by Crippen LogP contribution is 2.23. The quantitative estimate of drug-likeness (QED) is 0.879. The molecule has 6 nitrogen and oxygen atoms in total. The maximum absolute atomic E-state index is 12.3. The highest BCUT2D eigenvalue weighted by atomic mass is 16.5. The second-order valence-corrected chi connectivity index (χ2v) is 5.94. The van der Waals surface area contributed by atoms with Gasteiger partial charge in [0.2, 0.25) is 0 Å². The van der Waals surface area contributed by atoms with Crippen molar-refractivity contribution in [3.8, 4) is 5.75 Å². The molecule has 1 aromatic heterocycles. The molecule has 0 unspecified atom stereocenters. The highest BCUT2D eigenvalue weighted by molar-refractivity contribution is 5.89. The summed E-state index contributed by atoms with van der Waals surface area (Å²) in [4.78, 5) is 12.3. The lowest BCUT2D eigenvalue weighted by molar-refractivity contribution is 0.249. The topological polar surface area (TPSA) is 68.2 Å². The molecule has 0 spiro atoms. The molecule has 0 aliphatic carbocycles. The molecule has 2 rings (SSSR count). The molecule has 0 fully saturated rings. The van der Waals surface area contributed by atoms with Crippen molar-refractivity contribution in [2.45, 2.75) is 40.7 Å². The molecule has 0 saturated heterocycles. The number of hydrogen-bond acceptors (Lipinski definition) is 3. The predicted molar refractivity (Wildman–Crippen MR) is 95.6 cm³/mol. The average Bonchev–Trinajstić information content (AvgIpc) is 2.75. The van der Waals surface area contributed by atoms with Gasteiger partial charge in [0.15, 0.2) is 0 Å². The molecule has 130 valence electrons. The van der Waals surface area contributed by atoms with Crippen LogP contribution in [-0.4, -0.2) is 22.4 Å². The largest absolute Gasteiger partial charge is 0.494 e. The molecule has 1 heterocycles. The van der Waals surface area contributed by atoms with Crippen LogP contribution in [0.3, 0.4) is 0 Å². The third-order valence-electron chi connectivity index (χ3n) is 4.08. The van der Waals surface area contributed by atoms with Gasteiger partial charge in [-0.3, -0.25) is 4.68 Å². The summed E-state index contributed by atoms with van der Waals surface area (Å²) >= 11 is 0. The van der Waals surface area contributed by atoms with E-state index in [4.69, 9.17) is 4.74 Å². The zero-order chi connectivity index (χ0) is 17.9. The molecule has 2 aromatic rings. The third-order valence-corrected chi connectivity index (χ3v) is 4.08. The van der Waals surface area contributed by atoms with Gasteiger partial charge in [0.25, 0.3) is 0 Å². The number of benzene rings is 1. The Hall–Kier alpha value is -2.50.